The molecule has 3 rings (SSSR count). The van der Waals surface area contributed by atoms with Crippen LogP contribution in [0.15, 0.2) is 40.6 Å². The van der Waals surface area contributed by atoms with Gasteiger partial charge in [-0.3, -0.25) is 4.79 Å². The molecule has 0 saturated carbocycles. The molecule has 1 aliphatic rings. The fourth-order valence-corrected chi connectivity index (χ4v) is 6.34. The van der Waals surface area contributed by atoms with Gasteiger partial charge in [-0.15, -0.1) is 11.3 Å². The highest BCUT2D eigenvalue weighted by Crippen LogP contribution is 2.28. The number of halogens is 1. The molecule has 2 heterocycles. The van der Waals surface area contributed by atoms with Crippen LogP contribution >= 0.6 is 22.9 Å². The number of aryl methyl sites for hydroxylation is 1. The number of nitrogens with one attached hydrogen (secondary N) is 1. The molecule has 1 saturated heterocycles. The summed E-state index contributed by atoms with van der Waals surface area (Å²) >= 11 is 6.91. The maximum absolute atomic E-state index is 12.6. The highest BCUT2D eigenvalue weighted by Gasteiger charge is 2.31. The zero-order valence-corrected chi connectivity index (χ0v) is 18.3. The van der Waals surface area contributed by atoms with E-state index in [0.717, 1.165) is 11.3 Å². The maximum Gasteiger partial charge on any atom is 0.252 e. The molecule has 1 unspecified atom stereocenters. The van der Waals surface area contributed by atoms with Crippen molar-refractivity contribution in [1.82, 2.24) is 14.5 Å². The minimum Gasteiger partial charge on any atom is -0.339 e. The van der Waals surface area contributed by atoms with Gasteiger partial charge in [0.05, 0.1) is 10.9 Å². The van der Waals surface area contributed by atoms with Crippen molar-refractivity contribution >= 4 is 38.9 Å². The third-order valence-electron chi connectivity index (χ3n) is 4.95. The van der Waals surface area contributed by atoms with Crippen molar-refractivity contribution in [1.29, 1.82) is 0 Å². The van der Waals surface area contributed by atoms with E-state index >= 15 is 0 Å². The minimum atomic E-state index is -3.54. The van der Waals surface area contributed by atoms with Crippen molar-refractivity contribution in [2.24, 2.45) is 0 Å². The SMILES string of the molecule is Cc1ccccc1C(C)NCC(=O)N1CCN(S(=O)(=O)c2ccc(Cl)s2)CC1. The molecule has 1 aromatic heterocycles. The van der Waals surface area contributed by atoms with Crippen molar-refractivity contribution in [2.75, 3.05) is 32.7 Å². The Hall–Kier alpha value is -1.45. The van der Waals surface area contributed by atoms with E-state index in [1.54, 1.807) is 11.0 Å². The summed E-state index contributed by atoms with van der Waals surface area (Å²) in [7, 11) is -3.54. The molecule has 1 atom stereocenters. The van der Waals surface area contributed by atoms with E-state index in [1.807, 2.05) is 19.1 Å². The Labute approximate surface area is 175 Å². The second-order valence-corrected chi connectivity index (χ2v) is 10.7. The number of rotatable bonds is 6. The average Bonchev–Trinajstić information content (AvgIpc) is 3.13. The predicted octanol–water partition coefficient (Wildman–Crippen LogP) is 2.89. The highest BCUT2D eigenvalue weighted by molar-refractivity contribution is 7.91. The van der Waals surface area contributed by atoms with Crippen molar-refractivity contribution in [3.63, 3.8) is 0 Å². The molecule has 9 heteroatoms. The van der Waals surface area contributed by atoms with E-state index in [9.17, 15) is 13.2 Å². The lowest BCUT2D eigenvalue weighted by atomic mass is 10.0. The molecule has 0 spiro atoms. The first kappa shape index (κ1) is 21.3. The predicted molar refractivity (Wildman–Crippen MR) is 112 cm³/mol. The van der Waals surface area contributed by atoms with Gasteiger partial charge in [-0.05, 0) is 37.1 Å². The van der Waals surface area contributed by atoms with Crippen molar-refractivity contribution in [3.8, 4) is 0 Å². The molecule has 1 fully saturated rings. The lowest BCUT2D eigenvalue weighted by Gasteiger charge is -2.34. The highest BCUT2D eigenvalue weighted by atomic mass is 35.5. The van der Waals surface area contributed by atoms with Crippen molar-refractivity contribution < 1.29 is 13.2 Å². The number of hydrogen-bond acceptors (Lipinski definition) is 5. The first-order valence-electron chi connectivity index (χ1n) is 9.11. The lowest BCUT2D eigenvalue weighted by Crippen LogP contribution is -2.52. The molecular weight excluding hydrogens is 418 g/mol. The summed E-state index contributed by atoms with van der Waals surface area (Å²) in [6.07, 6.45) is 0. The van der Waals surface area contributed by atoms with Crippen molar-refractivity contribution in [2.45, 2.75) is 24.1 Å². The molecule has 0 bridgehead atoms. The van der Waals surface area contributed by atoms with Gasteiger partial charge in [0.15, 0.2) is 0 Å². The van der Waals surface area contributed by atoms with Crippen LogP contribution in [0.2, 0.25) is 4.34 Å². The summed E-state index contributed by atoms with van der Waals surface area (Å²) < 4.78 is 27.4. The third-order valence-corrected chi connectivity index (χ3v) is 8.55. The second kappa shape index (κ2) is 8.92. The summed E-state index contributed by atoms with van der Waals surface area (Å²) in [5.41, 5.74) is 2.35. The summed E-state index contributed by atoms with van der Waals surface area (Å²) in [6.45, 7) is 5.66. The molecule has 1 aromatic carbocycles. The quantitative estimate of drug-likeness (QED) is 0.748. The molecule has 6 nitrogen and oxygen atoms in total. The third kappa shape index (κ3) is 4.75. The number of amides is 1. The topological polar surface area (TPSA) is 69.7 Å². The molecule has 152 valence electrons. The van der Waals surface area contributed by atoms with Gasteiger partial charge >= 0.3 is 0 Å². The van der Waals surface area contributed by atoms with Crippen LogP contribution in [-0.2, 0) is 14.8 Å². The van der Waals surface area contributed by atoms with Crippen LogP contribution in [-0.4, -0.2) is 56.3 Å². The summed E-state index contributed by atoms with van der Waals surface area (Å²) in [4.78, 5) is 14.2. The number of carbonyl (C=O) groups excluding carboxylic acids is 1. The lowest BCUT2D eigenvalue weighted by molar-refractivity contribution is -0.131. The van der Waals surface area contributed by atoms with Gasteiger partial charge in [0.1, 0.15) is 4.21 Å². The van der Waals surface area contributed by atoms with Gasteiger partial charge in [0.25, 0.3) is 10.0 Å². The smallest absolute Gasteiger partial charge is 0.252 e. The first-order chi connectivity index (χ1) is 13.3. The van der Waals surface area contributed by atoms with E-state index in [4.69, 9.17) is 11.6 Å². The Morgan fingerprint density at radius 3 is 2.46 bits per heavy atom. The first-order valence-corrected chi connectivity index (χ1v) is 11.7. The van der Waals surface area contributed by atoms with E-state index in [0.29, 0.717) is 17.4 Å². The molecule has 1 aliphatic heterocycles. The molecule has 28 heavy (non-hydrogen) atoms. The average molecular weight is 442 g/mol. The van der Waals surface area contributed by atoms with Gasteiger partial charge in [0, 0.05) is 32.2 Å². The Bertz CT molecular complexity index is 937. The number of thiophene rings is 1. The molecule has 2 aromatic rings. The van der Waals surface area contributed by atoms with Crippen molar-refractivity contribution in [3.05, 3.63) is 51.9 Å². The fraction of sp³-hybridized carbons (Fsp3) is 0.421. The normalized spacial score (nSPS) is 16.9. The largest absolute Gasteiger partial charge is 0.339 e. The summed E-state index contributed by atoms with van der Waals surface area (Å²) in [5.74, 6) is -0.0170. The fourth-order valence-electron chi connectivity index (χ4n) is 3.28. The Balaban J connectivity index is 1.52. The van der Waals surface area contributed by atoms with Crippen LogP contribution < -0.4 is 5.32 Å². The molecule has 1 amide bonds. The summed E-state index contributed by atoms with van der Waals surface area (Å²) in [5, 5.41) is 3.27. The standard InChI is InChI=1S/C19H24ClN3O3S2/c1-14-5-3-4-6-16(14)15(2)21-13-18(24)22-9-11-23(12-10-22)28(25,26)19-8-7-17(20)27-19/h3-8,15,21H,9-13H2,1-2H3. The van der Waals surface area contributed by atoms with Crippen LogP contribution in [0.25, 0.3) is 0 Å². The van der Waals surface area contributed by atoms with E-state index in [2.05, 4.69) is 24.4 Å². The molecule has 0 radical (unpaired) electrons. The zero-order chi connectivity index (χ0) is 20.3. The monoisotopic (exact) mass is 441 g/mol. The number of nitrogens with zero attached hydrogens (tertiary/aromatic N) is 2. The molecular formula is C19H24ClN3O3S2. The van der Waals surface area contributed by atoms with Gasteiger partial charge < -0.3 is 10.2 Å². The number of sulfonamides is 1. The van der Waals surface area contributed by atoms with E-state index < -0.39 is 10.0 Å². The molecule has 0 aliphatic carbocycles. The van der Waals surface area contributed by atoms with E-state index in [1.165, 1.54) is 21.5 Å². The number of piperazine rings is 1. The van der Waals surface area contributed by atoms with Crippen LogP contribution in [0, 0.1) is 6.92 Å². The van der Waals surface area contributed by atoms with Gasteiger partial charge in [-0.2, -0.15) is 4.31 Å². The van der Waals surface area contributed by atoms with Crippen LogP contribution in [0.5, 0.6) is 0 Å². The Morgan fingerprint density at radius 1 is 1.18 bits per heavy atom. The Morgan fingerprint density at radius 2 is 1.86 bits per heavy atom. The van der Waals surface area contributed by atoms with E-state index in [-0.39, 0.29) is 35.8 Å². The molecule has 1 N–H and O–H groups in total. The minimum absolute atomic E-state index is 0.0170. The Kier molecular flexibility index (Phi) is 6.77. The van der Waals surface area contributed by atoms with Crippen LogP contribution in [0.4, 0.5) is 0 Å². The second-order valence-electron chi connectivity index (χ2n) is 6.80. The van der Waals surface area contributed by atoms with Gasteiger partial charge in [-0.25, -0.2) is 8.42 Å². The van der Waals surface area contributed by atoms with Crippen LogP contribution in [0.1, 0.15) is 24.1 Å². The number of hydrogen-bond donors (Lipinski definition) is 1. The zero-order valence-electron chi connectivity index (χ0n) is 15.9. The van der Waals surface area contributed by atoms with Gasteiger partial charge in [-0.1, -0.05) is 35.9 Å². The van der Waals surface area contributed by atoms with Crippen LogP contribution in [0.3, 0.4) is 0 Å². The number of carbonyl (C=O) groups is 1. The number of benzene rings is 1. The maximum atomic E-state index is 12.6. The van der Waals surface area contributed by atoms with Gasteiger partial charge in [0.2, 0.25) is 5.91 Å². The summed E-state index contributed by atoms with van der Waals surface area (Å²) in [6, 6.07) is 11.3.